The van der Waals surface area contributed by atoms with Crippen molar-refractivity contribution in [2.24, 2.45) is 5.92 Å². The Labute approximate surface area is 129 Å². The summed E-state index contributed by atoms with van der Waals surface area (Å²) in [6, 6.07) is 7.70. The molecule has 2 aromatic rings. The number of amides is 1. The maximum atomic E-state index is 12.1. The van der Waals surface area contributed by atoms with Crippen molar-refractivity contribution in [3.8, 4) is 5.69 Å². The van der Waals surface area contributed by atoms with Crippen molar-refractivity contribution in [1.29, 1.82) is 0 Å². The highest BCUT2D eigenvalue weighted by Crippen LogP contribution is 2.19. The number of carbonyl (C=O) groups excluding carboxylic acids is 1. The van der Waals surface area contributed by atoms with Crippen molar-refractivity contribution in [3.63, 3.8) is 0 Å². The van der Waals surface area contributed by atoms with Crippen molar-refractivity contribution in [3.05, 3.63) is 48.5 Å². The SMILES string of the molecule is O=C(NCc1ccccc1-n1ccnc1)[C@H]1CCS(=O)(=O)C1. The quantitative estimate of drug-likeness (QED) is 0.909. The van der Waals surface area contributed by atoms with Gasteiger partial charge in [0.2, 0.25) is 5.91 Å². The lowest BCUT2D eigenvalue weighted by Gasteiger charge is -2.13. The molecule has 1 aliphatic rings. The van der Waals surface area contributed by atoms with E-state index in [0.29, 0.717) is 13.0 Å². The molecule has 0 radical (unpaired) electrons. The molecule has 6 nitrogen and oxygen atoms in total. The predicted octanol–water partition coefficient (Wildman–Crippen LogP) is 0.923. The zero-order chi connectivity index (χ0) is 15.6. The fourth-order valence-electron chi connectivity index (χ4n) is 2.64. The van der Waals surface area contributed by atoms with Gasteiger partial charge in [0.15, 0.2) is 9.84 Å². The van der Waals surface area contributed by atoms with Gasteiger partial charge < -0.3 is 9.88 Å². The van der Waals surface area contributed by atoms with Crippen LogP contribution < -0.4 is 5.32 Å². The first-order chi connectivity index (χ1) is 10.6. The smallest absolute Gasteiger partial charge is 0.224 e. The normalized spacial score (nSPS) is 19.9. The van der Waals surface area contributed by atoms with E-state index >= 15 is 0 Å². The molecule has 1 fully saturated rings. The van der Waals surface area contributed by atoms with E-state index < -0.39 is 15.8 Å². The summed E-state index contributed by atoms with van der Waals surface area (Å²) in [5.41, 5.74) is 1.90. The number of para-hydroxylation sites is 1. The molecule has 0 unspecified atom stereocenters. The van der Waals surface area contributed by atoms with E-state index in [-0.39, 0.29) is 17.4 Å². The molecule has 1 saturated heterocycles. The molecular weight excluding hydrogens is 302 g/mol. The van der Waals surface area contributed by atoms with Gasteiger partial charge in [0, 0.05) is 18.9 Å². The zero-order valence-electron chi connectivity index (χ0n) is 12.0. The van der Waals surface area contributed by atoms with E-state index in [1.54, 1.807) is 12.5 Å². The number of nitrogens with zero attached hydrogens (tertiary/aromatic N) is 2. The van der Waals surface area contributed by atoms with E-state index in [1.807, 2.05) is 35.0 Å². The first-order valence-electron chi connectivity index (χ1n) is 7.09. The van der Waals surface area contributed by atoms with Gasteiger partial charge in [0.25, 0.3) is 0 Å². The molecule has 1 aromatic carbocycles. The van der Waals surface area contributed by atoms with Gasteiger partial charge in [-0.05, 0) is 18.1 Å². The molecule has 1 aliphatic heterocycles. The van der Waals surface area contributed by atoms with Gasteiger partial charge >= 0.3 is 0 Å². The molecule has 1 atom stereocenters. The lowest BCUT2D eigenvalue weighted by Crippen LogP contribution is -2.31. The fourth-order valence-corrected chi connectivity index (χ4v) is 4.38. The van der Waals surface area contributed by atoms with Crippen LogP contribution in [0.2, 0.25) is 0 Å². The summed E-state index contributed by atoms with van der Waals surface area (Å²) in [5.74, 6) is -0.550. The number of imidazole rings is 1. The first kappa shape index (κ1) is 14.8. The van der Waals surface area contributed by atoms with Gasteiger partial charge in [0.05, 0.1) is 29.4 Å². The first-order valence-corrected chi connectivity index (χ1v) is 8.92. The second-order valence-electron chi connectivity index (χ2n) is 5.42. The fraction of sp³-hybridized carbons (Fsp3) is 0.333. The lowest BCUT2D eigenvalue weighted by atomic mass is 10.1. The number of aromatic nitrogens is 2. The van der Waals surface area contributed by atoms with Crippen molar-refractivity contribution in [2.75, 3.05) is 11.5 Å². The molecule has 3 rings (SSSR count). The molecule has 1 N–H and O–H groups in total. The summed E-state index contributed by atoms with van der Waals surface area (Å²) in [6.07, 6.45) is 5.64. The Bertz CT molecular complexity index is 769. The molecule has 22 heavy (non-hydrogen) atoms. The van der Waals surface area contributed by atoms with Crippen LogP contribution in [0.5, 0.6) is 0 Å². The molecule has 0 spiro atoms. The van der Waals surface area contributed by atoms with Crippen LogP contribution in [-0.2, 0) is 21.2 Å². The zero-order valence-corrected chi connectivity index (χ0v) is 12.8. The molecule has 7 heteroatoms. The van der Waals surface area contributed by atoms with E-state index in [4.69, 9.17) is 0 Å². The predicted molar refractivity (Wildman–Crippen MR) is 82.2 cm³/mol. The van der Waals surface area contributed by atoms with Gasteiger partial charge in [-0.15, -0.1) is 0 Å². The van der Waals surface area contributed by atoms with Gasteiger partial charge in [-0.3, -0.25) is 4.79 Å². The maximum Gasteiger partial charge on any atom is 0.224 e. The van der Waals surface area contributed by atoms with Crippen LogP contribution in [-0.4, -0.2) is 35.4 Å². The van der Waals surface area contributed by atoms with Crippen LogP contribution >= 0.6 is 0 Å². The van der Waals surface area contributed by atoms with Gasteiger partial charge in [-0.25, -0.2) is 13.4 Å². The van der Waals surface area contributed by atoms with Crippen LogP contribution in [0.1, 0.15) is 12.0 Å². The highest BCUT2D eigenvalue weighted by Gasteiger charge is 2.32. The number of rotatable bonds is 4. The Hall–Kier alpha value is -2.15. The summed E-state index contributed by atoms with van der Waals surface area (Å²) in [5, 5.41) is 2.84. The van der Waals surface area contributed by atoms with Crippen LogP contribution in [0.4, 0.5) is 0 Å². The Kier molecular flexibility index (Phi) is 3.98. The molecule has 1 aromatic heterocycles. The monoisotopic (exact) mass is 319 g/mol. The average molecular weight is 319 g/mol. The highest BCUT2D eigenvalue weighted by molar-refractivity contribution is 7.91. The number of benzene rings is 1. The van der Waals surface area contributed by atoms with Crippen LogP contribution in [0.15, 0.2) is 43.0 Å². The van der Waals surface area contributed by atoms with Crippen molar-refractivity contribution in [1.82, 2.24) is 14.9 Å². The highest BCUT2D eigenvalue weighted by atomic mass is 32.2. The number of hydrogen-bond donors (Lipinski definition) is 1. The molecule has 116 valence electrons. The lowest BCUT2D eigenvalue weighted by molar-refractivity contribution is -0.124. The minimum atomic E-state index is -3.04. The minimum absolute atomic E-state index is 0.0397. The van der Waals surface area contributed by atoms with Crippen LogP contribution in [0, 0.1) is 5.92 Å². The number of hydrogen-bond acceptors (Lipinski definition) is 4. The van der Waals surface area contributed by atoms with E-state index in [2.05, 4.69) is 10.3 Å². The summed E-state index contributed by atoms with van der Waals surface area (Å²) < 4.78 is 24.8. The van der Waals surface area contributed by atoms with Gasteiger partial charge in [-0.2, -0.15) is 0 Å². The number of carbonyl (C=O) groups is 1. The van der Waals surface area contributed by atoms with Crippen LogP contribution in [0.3, 0.4) is 0 Å². The third-order valence-electron chi connectivity index (χ3n) is 3.83. The van der Waals surface area contributed by atoms with E-state index in [0.717, 1.165) is 11.3 Å². The summed E-state index contributed by atoms with van der Waals surface area (Å²) in [4.78, 5) is 16.1. The number of nitrogens with one attached hydrogen (secondary N) is 1. The molecule has 1 amide bonds. The molecule has 0 saturated carbocycles. The standard InChI is InChI=1S/C15H17N3O3S/c19-15(13-5-8-22(20,21)10-13)17-9-12-3-1-2-4-14(12)18-7-6-16-11-18/h1-4,6-7,11,13H,5,8-10H2,(H,17,19)/t13-/m0/s1. The maximum absolute atomic E-state index is 12.1. The Balaban J connectivity index is 1.69. The average Bonchev–Trinajstić information content (AvgIpc) is 3.14. The van der Waals surface area contributed by atoms with Crippen molar-refractivity contribution < 1.29 is 13.2 Å². The number of sulfone groups is 1. The van der Waals surface area contributed by atoms with E-state index in [9.17, 15) is 13.2 Å². The van der Waals surface area contributed by atoms with Gasteiger partial charge in [0.1, 0.15) is 0 Å². The molecule has 0 bridgehead atoms. The Morgan fingerprint density at radius 1 is 1.36 bits per heavy atom. The Morgan fingerprint density at radius 2 is 2.18 bits per heavy atom. The summed E-state index contributed by atoms with van der Waals surface area (Å²) in [6.45, 7) is 0.365. The van der Waals surface area contributed by atoms with Crippen molar-refractivity contribution in [2.45, 2.75) is 13.0 Å². The minimum Gasteiger partial charge on any atom is -0.352 e. The third-order valence-corrected chi connectivity index (χ3v) is 5.60. The summed E-state index contributed by atoms with van der Waals surface area (Å²) in [7, 11) is -3.04. The summed E-state index contributed by atoms with van der Waals surface area (Å²) >= 11 is 0. The van der Waals surface area contributed by atoms with Gasteiger partial charge in [-0.1, -0.05) is 18.2 Å². The Morgan fingerprint density at radius 3 is 2.86 bits per heavy atom. The molecule has 0 aliphatic carbocycles. The topological polar surface area (TPSA) is 81.1 Å². The van der Waals surface area contributed by atoms with Crippen molar-refractivity contribution >= 4 is 15.7 Å². The third kappa shape index (κ3) is 3.19. The molecular formula is C15H17N3O3S. The molecule has 2 heterocycles. The second-order valence-corrected chi connectivity index (χ2v) is 7.65. The van der Waals surface area contributed by atoms with E-state index in [1.165, 1.54) is 0 Å². The largest absolute Gasteiger partial charge is 0.352 e. The second kappa shape index (κ2) is 5.92. The van der Waals surface area contributed by atoms with Crippen LogP contribution in [0.25, 0.3) is 5.69 Å².